The fourth-order valence-corrected chi connectivity index (χ4v) is 7.04. The average Bonchev–Trinajstić information content (AvgIpc) is 3.92. The van der Waals surface area contributed by atoms with Gasteiger partial charge < -0.3 is 19.7 Å². The molecule has 0 spiro atoms. The van der Waals surface area contributed by atoms with Gasteiger partial charge in [0.05, 0.1) is 18.7 Å². The molecule has 1 N–H and O–H groups in total. The van der Waals surface area contributed by atoms with Crippen molar-refractivity contribution in [2.45, 2.75) is 94.4 Å². The Balaban J connectivity index is 0.00000504. The van der Waals surface area contributed by atoms with Crippen molar-refractivity contribution in [3.63, 3.8) is 0 Å². The molecular formula is C40H47Cl4N3O4. The van der Waals surface area contributed by atoms with E-state index in [9.17, 15) is 9.59 Å². The van der Waals surface area contributed by atoms with Crippen LogP contribution < -0.4 is 10.1 Å². The van der Waals surface area contributed by atoms with Crippen LogP contribution >= 0.6 is 47.2 Å². The monoisotopic (exact) mass is 773 g/mol. The molecule has 1 saturated heterocycles. The van der Waals surface area contributed by atoms with Gasteiger partial charge in [-0.3, -0.25) is 9.69 Å². The number of aryl methyl sites for hydroxylation is 2. The first-order valence-electron chi connectivity index (χ1n) is 17.4. The molecule has 0 radical (unpaired) electrons. The zero-order valence-corrected chi connectivity index (χ0v) is 32.9. The second-order valence-corrected chi connectivity index (χ2v) is 16.6. The van der Waals surface area contributed by atoms with Gasteiger partial charge in [-0.05, 0) is 92.8 Å². The molecule has 2 amide bonds. The van der Waals surface area contributed by atoms with Crippen molar-refractivity contribution in [3.05, 3.63) is 106 Å². The lowest BCUT2D eigenvalue weighted by Gasteiger charge is -2.48. The molecule has 2 unspecified atom stereocenters. The lowest BCUT2D eigenvalue weighted by Crippen LogP contribution is -2.64. The number of piperazine rings is 1. The fraction of sp³-hybridized carbons (Fsp3) is 0.450. The first kappa shape index (κ1) is 39.3. The lowest BCUT2D eigenvalue weighted by molar-refractivity contribution is -0.129. The molecule has 7 nitrogen and oxygen atoms in total. The molecule has 3 aromatic carbocycles. The number of alkyl halides is 3. The molecule has 2 bridgehead atoms. The molecule has 3 aromatic rings. The average molecular weight is 776 g/mol. The van der Waals surface area contributed by atoms with Gasteiger partial charge in [-0.25, -0.2) is 4.79 Å². The van der Waals surface area contributed by atoms with E-state index in [4.69, 9.17) is 44.3 Å². The molecule has 1 saturated carbocycles. The quantitative estimate of drug-likeness (QED) is 0.209. The Morgan fingerprint density at radius 3 is 2.22 bits per heavy atom. The highest BCUT2D eigenvalue weighted by Crippen LogP contribution is 2.43. The molecule has 51 heavy (non-hydrogen) atoms. The minimum absolute atomic E-state index is 0. The van der Waals surface area contributed by atoms with Gasteiger partial charge in [0, 0.05) is 37.7 Å². The molecule has 0 aromatic heterocycles. The normalized spacial score (nSPS) is 18.9. The Kier molecular flexibility index (Phi) is 12.3. The largest absolute Gasteiger partial charge is 0.493 e. The van der Waals surface area contributed by atoms with Crippen LogP contribution in [0.1, 0.15) is 66.5 Å². The summed E-state index contributed by atoms with van der Waals surface area (Å²) in [4.78, 5) is 32.5. The number of nitrogens with one attached hydrogen (secondary N) is 1. The predicted octanol–water partition coefficient (Wildman–Crippen LogP) is 8.93. The standard InChI is InChI=1S/C40H46Cl3N3O4.ClH/c1-25-11-12-26(2)36(27(25)3)49-20-19-28-13-15-30(16-14-28)33-21-32-22-44-23-34(46(32)38(48)50-39(4,5)40(41,42)43)35(33)37(47)45(31-17-18-31)24-29-9-7-6-8-10-29;/h6-16,31-32,34,44H,17-24H2,1-5H3;1H. The zero-order valence-electron chi connectivity index (χ0n) is 29.8. The summed E-state index contributed by atoms with van der Waals surface area (Å²) in [6.45, 7) is 11.4. The number of hydrogen-bond donors (Lipinski definition) is 1. The Morgan fingerprint density at radius 2 is 1.57 bits per heavy atom. The van der Waals surface area contributed by atoms with E-state index in [1.54, 1.807) is 18.7 Å². The van der Waals surface area contributed by atoms with Gasteiger partial charge in [0.15, 0.2) is 5.60 Å². The van der Waals surface area contributed by atoms with E-state index in [2.05, 4.69) is 62.5 Å². The molecule has 2 heterocycles. The van der Waals surface area contributed by atoms with Gasteiger partial charge in [-0.2, -0.15) is 0 Å². The smallest absolute Gasteiger partial charge is 0.411 e. The van der Waals surface area contributed by atoms with Gasteiger partial charge in [0.1, 0.15) is 5.75 Å². The second-order valence-electron chi connectivity index (χ2n) is 14.3. The Morgan fingerprint density at radius 1 is 0.902 bits per heavy atom. The number of nitrogens with zero attached hydrogens (tertiary/aromatic N) is 2. The highest BCUT2D eigenvalue weighted by Gasteiger charge is 2.50. The first-order chi connectivity index (χ1) is 23.7. The van der Waals surface area contributed by atoms with Crippen LogP contribution in [0, 0.1) is 20.8 Å². The summed E-state index contributed by atoms with van der Waals surface area (Å²) in [5.41, 5.74) is 6.88. The Labute approximate surface area is 323 Å². The van der Waals surface area contributed by atoms with Crippen molar-refractivity contribution < 1.29 is 19.1 Å². The highest BCUT2D eigenvalue weighted by molar-refractivity contribution is 6.68. The molecular weight excluding hydrogens is 728 g/mol. The number of halogens is 4. The molecule has 1 aliphatic carbocycles. The fourth-order valence-electron chi connectivity index (χ4n) is 6.93. The van der Waals surface area contributed by atoms with E-state index in [0.29, 0.717) is 38.2 Å². The van der Waals surface area contributed by atoms with Gasteiger partial charge in [0.25, 0.3) is 5.91 Å². The van der Waals surface area contributed by atoms with E-state index in [0.717, 1.165) is 52.8 Å². The number of hydrogen-bond acceptors (Lipinski definition) is 5. The predicted molar refractivity (Wildman–Crippen MR) is 208 cm³/mol. The van der Waals surface area contributed by atoms with Crippen molar-refractivity contribution in [2.75, 3.05) is 19.7 Å². The summed E-state index contributed by atoms with van der Waals surface area (Å²) in [5, 5.41) is 3.47. The number of fused-ring (bicyclic) bond motifs is 2. The lowest BCUT2D eigenvalue weighted by atomic mass is 9.81. The maximum atomic E-state index is 14.9. The summed E-state index contributed by atoms with van der Waals surface area (Å²) in [6, 6.07) is 22.0. The van der Waals surface area contributed by atoms with Crippen molar-refractivity contribution in [1.29, 1.82) is 0 Å². The minimum Gasteiger partial charge on any atom is -0.493 e. The second kappa shape index (κ2) is 16.0. The van der Waals surface area contributed by atoms with Gasteiger partial charge in [0.2, 0.25) is 3.79 Å². The van der Waals surface area contributed by atoms with E-state index >= 15 is 0 Å². The van der Waals surface area contributed by atoms with Crippen LogP contribution in [0.25, 0.3) is 5.57 Å². The van der Waals surface area contributed by atoms with Crippen LogP contribution in [-0.2, 0) is 22.5 Å². The van der Waals surface area contributed by atoms with E-state index < -0.39 is 21.5 Å². The molecule has 6 rings (SSSR count). The van der Waals surface area contributed by atoms with Crippen LogP contribution in [-0.4, -0.2) is 69.0 Å². The van der Waals surface area contributed by atoms with Crippen LogP contribution in [0.5, 0.6) is 5.75 Å². The summed E-state index contributed by atoms with van der Waals surface area (Å²) < 4.78 is 10.3. The van der Waals surface area contributed by atoms with Gasteiger partial charge in [-0.15, -0.1) is 12.4 Å². The van der Waals surface area contributed by atoms with Crippen molar-refractivity contribution >= 4 is 64.8 Å². The summed E-state index contributed by atoms with van der Waals surface area (Å²) in [7, 11) is 0. The topological polar surface area (TPSA) is 71.1 Å². The number of amides is 2. The number of rotatable bonds is 10. The Bertz CT molecular complexity index is 1750. The number of carbonyl (C=O) groups excluding carboxylic acids is 2. The summed E-state index contributed by atoms with van der Waals surface area (Å²) in [5.74, 6) is 0.895. The third-order valence-electron chi connectivity index (χ3n) is 10.3. The van der Waals surface area contributed by atoms with Crippen LogP contribution in [0.3, 0.4) is 0 Å². The van der Waals surface area contributed by atoms with Crippen molar-refractivity contribution in [2.24, 2.45) is 0 Å². The molecule has 274 valence electrons. The highest BCUT2D eigenvalue weighted by atomic mass is 35.6. The summed E-state index contributed by atoms with van der Waals surface area (Å²) in [6.07, 6.45) is 2.53. The van der Waals surface area contributed by atoms with E-state index in [1.165, 1.54) is 11.1 Å². The molecule has 2 atom stereocenters. The zero-order chi connectivity index (χ0) is 35.8. The molecule has 11 heteroatoms. The van der Waals surface area contributed by atoms with Gasteiger partial charge in [-0.1, -0.05) is 102 Å². The van der Waals surface area contributed by atoms with Crippen molar-refractivity contribution in [1.82, 2.24) is 15.1 Å². The van der Waals surface area contributed by atoms with Crippen molar-refractivity contribution in [3.8, 4) is 5.75 Å². The molecule has 3 aliphatic rings. The van der Waals surface area contributed by atoms with E-state index in [1.807, 2.05) is 35.2 Å². The Hall–Kier alpha value is -2.94. The van der Waals surface area contributed by atoms with E-state index in [-0.39, 0.29) is 30.4 Å². The third kappa shape index (κ3) is 8.66. The van der Waals surface area contributed by atoms with Gasteiger partial charge >= 0.3 is 6.09 Å². The number of benzene rings is 3. The molecule has 2 aliphatic heterocycles. The van der Waals surface area contributed by atoms with Crippen LogP contribution in [0.2, 0.25) is 0 Å². The third-order valence-corrected chi connectivity index (χ3v) is 11.6. The summed E-state index contributed by atoms with van der Waals surface area (Å²) >= 11 is 18.6. The minimum atomic E-state index is -1.84. The van der Waals surface area contributed by atoms with Crippen LogP contribution in [0.15, 0.2) is 72.3 Å². The maximum absolute atomic E-state index is 14.9. The van der Waals surface area contributed by atoms with Crippen LogP contribution in [0.4, 0.5) is 4.79 Å². The number of ether oxygens (including phenoxy) is 2. The molecule has 2 fully saturated rings. The first-order valence-corrected chi connectivity index (χ1v) is 18.5. The SMILES string of the molecule is Cc1ccc(C)c(OCCc2ccc(C3=C(C(=O)N(Cc4ccccc4)C4CC4)C4CNCC(C3)N4C(=O)OC(C)(C)C(Cl)(Cl)Cl)cc2)c1C.Cl. The maximum Gasteiger partial charge on any atom is 0.411 e. The number of carbonyl (C=O) groups is 2.